The third-order valence-electron chi connectivity index (χ3n) is 1.96. The van der Waals surface area contributed by atoms with E-state index in [-0.39, 0.29) is 0 Å². The lowest BCUT2D eigenvalue weighted by molar-refractivity contribution is 1.75. The topological polar surface area (TPSA) is 0 Å². The summed E-state index contributed by atoms with van der Waals surface area (Å²) in [5.74, 6) is 0. The zero-order chi connectivity index (χ0) is 8.55. The number of halogens is 1. The van der Waals surface area contributed by atoms with Gasteiger partial charge in [-0.15, -0.1) is 0 Å². The Morgan fingerprint density at radius 1 is 1.08 bits per heavy atom. The van der Waals surface area contributed by atoms with Crippen molar-refractivity contribution >= 4 is 40.0 Å². The molecule has 0 saturated heterocycles. The normalized spacial score (nSPS) is 10.4. The summed E-state index contributed by atoms with van der Waals surface area (Å²) in [7, 11) is 2.11. The second kappa shape index (κ2) is 2.94. The van der Waals surface area contributed by atoms with Gasteiger partial charge in [0, 0.05) is 4.47 Å². The minimum Gasteiger partial charge on any atom is -0.0872 e. The number of rotatable bonds is 0. The Hall–Kier alpha value is -0.755. The zero-order valence-electron chi connectivity index (χ0n) is 6.84. The smallest absolute Gasteiger partial charge is 0.0872 e. The van der Waals surface area contributed by atoms with Gasteiger partial charge < -0.3 is 0 Å². The molecule has 0 radical (unpaired) electrons. The first-order valence-corrected chi connectivity index (χ1v) is 4.71. The van der Waals surface area contributed by atoms with Crippen LogP contribution in [0.2, 0.25) is 0 Å². The van der Waals surface area contributed by atoms with E-state index in [9.17, 15) is 0 Å². The van der Waals surface area contributed by atoms with Gasteiger partial charge in [-0.2, -0.15) is 0 Å². The Bertz CT molecular complexity index is 423. The fraction of sp³-hybridized carbons (Fsp3) is 0. The summed E-state index contributed by atoms with van der Waals surface area (Å²) < 4.78 is 1.18. The van der Waals surface area contributed by atoms with Gasteiger partial charge in [0.2, 0.25) is 0 Å². The predicted octanol–water partition coefficient (Wildman–Crippen LogP) is 1.86. The molecule has 2 aromatic carbocycles. The molecule has 2 rings (SSSR count). The summed E-state index contributed by atoms with van der Waals surface area (Å²) in [6.07, 6.45) is 0. The molecule has 0 aliphatic heterocycles. The molecule has 0 saturated carbocycles. The van der Waals surface area contributed by atoms with Crippen LogP contribution in [0.4, 0.5) is 0 Å². The van der Waals surface area contributed by atoms with Crippen molar-refractivity contribution in [3.8, 4) is 0 Å². The van der Waals surface area contributed by atoms with Gasteiger partial charge in [0.1, 0.15) is 7.85 Å². The highest BCUT2D eigenvalue weighted by Crippen LogP contribution is 2.21. The van der Waals surface area contributed by atoms with Gasteiger partial charge in [0.15, 0.2) is 0 Å². The van der Waals surface area contributed by atoms with E-state index in [0.717, 1.165) is 0 Å². The third-order valence-corrected chi connectivity index (χ3v) is 2.61. The molecule has 0 bridgehead atoms. The van der Waals surface area contributed by atoms with Gasteiger partial charge in [-0.3, -0.25) is 0 Å². The Kier molecular flexibility index (Phi) is 1.93. The van der Waals surface area contributed by atoms with Crippen molar-refractivity contribution in [1.82, 2.24) is 0 Å². The molecular formula is C10H8BBr. The molecular weight excluding hydrogens is 211 g/mol. The van der Waals surface area contributed by atoms with Crippen LogP contribution in [0.25, 0.3) is 10.8 Å². The summed E-state index contributed by atoms with van der Waals surface area (Å²) in [6.45, 7) is 0. The maximum atomic E-state index is 3.55. The van der Waals surface area contributed by atoms with E-state index in [0.29, 0.717) is 0 Å². The molecule has 58 valence electrons. The fourth-order valence-corrected chi connectivity index (χ4v) is 2.13. The van der Waals surface area contributed by atoms with Crippen LogP contribution >= 0.6 is 15.9 Å². The summed E-state index contributed by atoms with van der Waals surface area (Å²) in [5, 5.41) is 2.58. The van der Waals surface area contributed by atoms with Gasteiger partial charge >= 0.3 is 0 Å². The lowest BCUT2D eigenvalue weighted by atomic mass is 9.94. The number of fused-ring (bicyclic) bond motifs is 1. The molecule has 0 aliphatic rings. The third kappa shape index (κ3) is 1.27. The molecule has 12 heavy (non-hydrogen) atoms. The van der Waals surface area contributed by atoms with E-state index in [4.69, 9.17) is 0 Å². The summed E-state index contributed by atoms with van der Waals surface area (Å²) >= 11 is 3.55. The van der Waals surface area contributed by atoms with Crippen molar-refractivity contribution in [3.63, 3.8) is 0 Å². The largest absolute Gasteiger partial charge is 0.139 e. The van der Waals surface area contributed by atoms with Crippen LogP contribution in [0.3, 0.4) is 0 Å². The molecule has 0 atom stereocenters. The van der Waals surface area contributed by atoms with Crippen LogP contribution in [0.1, 0.15) is 0 Å². The van der Waals surface area contributed by atoms with Gasteiger partial charge in [-0.05, 0) is 10.8 Å². The second-order valence-corrected chi connectivity index (χ2v) is 3.82. The summed E-state index contributed by atoms with van der Waals surface area (Å²) in [4.78, 5) is 0. The number of hydrogen-bond acceptors (Lipinski definition) is 0. The summed E-state index contributed by atoms with van der Waals surface area (Å²) in [5.41, 5.74) is 1.29. The van der Waals surface area contributed by atoms with Crippen molar-refractivity contribution in [2.24, 2.45) is 0 Å². The molecule has 0 nitrogen and oxygen atoms in total. The minimum absolute atomic E-state index is 1.18. The number of benzene rings is 2. The van der Waals surface area contributed by atoms with E-state index < -0.39 is 0 Å². The predicted molar refractivity (Wildman–Crippen MR) is 59.8 cm³/mol. The monoisotopic (exact) mass is 218 g/mol. The molecule has 2 aromatic rings. The molecule has 2 heteroatoms. The molecule has 0 aromatic heterocycles. The number of hydrogen-bond donors (Lipinski definition) is 0. The van der Waals surface area contributed by atoms with Crippen LogP contribution in [-0.2, 0) is 0 Å². The Labute approximate surface area is 81.1 Å². The van der Waals surface area contributed by atoms with Gasteiger partial charge in [0.05, 0.1) is 0 Å². The van der Waals surface area contributed by atoms with E-state index in [1.165, 1.54) is 20.7 Å². The molecule has 0 unspecified atom stereocenters. The molecule has 0 N–H and O–H groups in total. The molecule has 0 amide bonds. The highest BCUT2D eigenvalue weighted by atomic mass is 79.9. The van der Waals surface area contributed by atoms with Crippen LogP contribution < -0.4 is 5.46 Å². The van der Waals surface area contributed by atoms with Crippen molar-refractivity contribution in [2.75, 3.05) is 0 Å². The maximum absolute atomic E-state index is 3.55. The molecule has 0 aliphatic carbocycles. The van der Waals surface area contributed by atoms with Crippen molar-refractivity contribution in [3.05, 3.63) is 40.9 Å². The Morgan fingerprint density at radius 2 is 1.83 bits per heavy atom. The molecule has 0 heterocycles. The average molecular weight is 219 g/mol. The van der Waals surface area contributed by atoms with E-state index in [1.807, 2.05) is 0 Å². The lowest BCUT2D eigenvalue weighted by Gasteiger charge is -2.01. The van der Waals surface area contributed by atoms with Crippen molar-refractivity contribution < 1.29 is 0 Å². The highest BCUT2D eigenvalue weighted by Gasteiger charge is 1.97. The van der Waals surface area contributed by atoms with Crippen LogP contribution in [0.15, 0.2) is 40.9 Å². The van der Waals surface area contributed by atoms with E-state index in [1.54, 1.807) is 0 Å². The summed E-state index contributed by atoms with van der Waals surface area (Å²) in [6, 6.07) is 12.7. The molecule has 0 fully saturated rings. The second-order valence-electron chi connectivity index (χ2n) is 2.97. The molecule has 0 spiro atoms. The van der Waals surface area contributed by atoms with Crippen molar-refractivity contribution in [1.29, 1.82) is 0 Å². The SMILES string of the molecule is Bc1cc(Br)c2ccccc2c1. The van der Waals surface area contributed by atoms with Crippen molar-refractivity contribution in [2.45, 2.75) is 0 Å². The average Bonchev–Trinajstić information content (AvgIpc) is 2.04. The van der Waals surface area contributed by atoms with E-state index in [2.05, 4.69) is 60.2 Å². The highest BCUT2D eigenvalue weighted by molar-refractivity contribution is 9.10. The maximum Gasteiger partial charge on any atom is 0.139 e. The van der Waals surface area contributed by atoms with Crippen LogP contribution in [-0.4, -0.2) is 7.85 Å². The Morgan fingerprint density at radius 3 is 2.67 bits per heavy atom. The standard InChI is InChI=1S/C10H8BBr/c11-8-5-7-3-1-2-4-9(7)10(12)6-8/h1-6H,11H2. The van der Waals surface area contributed by atoms with Gasteiger partial charge in [-0.1, -0.05) is 57.8 Å². The first-order chi connectivity index (χ1) is 5.77. The van der Waals surface area contributed by atoms with Gasteiger partial charge in [-0.25, -0.2) is 0 Å². The quantitative estimate of drug-likeness (QED) is 0.593. The van der Waals surface area contributed by atoms with Crippen LogP contribution in [0.5, 0.6) is 0 Å². The lowest BCUT2D eigenvalue weighted by Crippen LogP contribution is -2.00. The minimum atomic E-state index is 1.18. The van der Waals surface area contributed by atoms with E-state index >= 15 is 0 Å². The van der Waals surface area contributed by atoms with Gasteiger partial charge in [0.25, 0.3) is 0 Å². The van der Waals surface area contributed by atoms with Crippen LogP contribution in [0, 0.1) is 0 Å². The fourth-order valence-electron chi connectivity index (χ4n) is 1.40. The Balaban J connectivity index is 2.89. The first-order valence-electron chi connectivity index (χ1n) is 3.92. The first kappa shape index (κ1) is 7.87. The zero-order valence-corrected chi connectivity index (χ0v) is 8.43.